The molecule has 1 aromatic heterocycles. The molecule has 144 valence electrons. The predicted octanol–water partition coefficient (Wildman–Crippen LogP) is 2.35. The highest BCUT2D eigenvalue weighted by atomic mass is 16.2. The molecule has 7 nitrogen and oxygen atoms in total. The van der Waals surface area contributed by atoms with Crippen LogP contribution in [0.4, 0.5) is 17.1 Å². The monoisotopic (exact) mass is 378 g/mol. The van der Waals surface area contributed by atoms with Gasteiger partial charge in [-0.25, -0.2) is 0 Å². The number of carbonyl (C=O) groups excluding carboxylic acids is 1. The fourth-order valence-corrected chi connectivity index (χ4v) is 2.73. The number of anilines is 3. The molecule has 3 N–H and O–H groups in total. The van der Waals surface area contributed by atoms with E-state index in [1.54, 1.807) is 36.7 Å². The standard InChI is InChI=1S/C21H22N4O3/c1-13(2)12-23-21(28)16(14-6-4-3-5-7-14)25-18-17(19(26)20(18)27)24-15-8-10-22-11-9-15/h3-11,13,16,25H,12H2,1-2H3,(H,22,24)(H,23,28). The van der Waals surface area contributed by atoms with Gasteiger partial charge in [0.2, 0.25) is 5.91 Å². The van der Waals surface area contributed by atoms with E-state index in [-0.39, 0.29) is 23.2 Å². The van der Waals surface area contributed by atoms with E-state index in [9.17, 15) is 14.4 Å². The van der Waals surface area contributed by atoms with Gasteiger partial charge in [0.15, 0.2) is 0 Å². The Morgan fingerprint density at radius 2 is 1.61 bits per heavy atom. The normalized spacial score (nSPS) is 12.0. The number of benzene rings is 1. The van der Waals surface area contributed by atoms with E-state index in [0.717, 1.165) is 0 Å². The summed E-state index contributed by atoms with van der Waals surface area (Å²) >= 11 is 0. The quantitative estimate of drug-likeness (QED) is 0.520. The first-order chi connectivity index (χ1) is 13.5. The van der Waals surface area contributed by atoms with Crippen molar-refractivity contribution in [3.05, 3.63) is 80.9 Å². The Morgan fingerprint density at radius 1 is 0.964 bits per heavy atom. The Morgan fingerprint density at radius 3 is 2.25 bits per heavy atom. The Balaban J connectivity index is 1.87. The molecule has 2 aromatic carbocycles. The van der Waals surface area contributed by atoms with Crippen LogP contribution in [0.25, 0.3) is 0 Å². The molecular formula is C21H22N4O3. The topological polar surface area (TPSA) is 100 Å². The van der Waals surface area contributed by atoms with Gasteiger partial charge in [-0.1, -0.05) is 44.2 Å². The summed E-state index contributed by atoms with van der Waals surface area (Å²) in [6, 6.07) is 11.7. The molecule has 0 bridgehead atoms. The number of rotatable bonds is 8. The maximum atomic E-state index is 12.8. The summed E-state index contributed by atoms with van der Waals surface area (Å²) in [5.74, 6) is 0.0261. The Bertz CT molecular complexity index is 1010. The van der Waals surface area contributed by atoms with Crippen LogP contribution in [-0.2, 0) is 4.79 Å². The summed E-state index contributed by atoms with van der Waals surface area (Å²) in [7, 11) is 0. The van der Waals surface area contributed by atoms with E-state index in [0.29, 0.717) is 17.8 Å². The van der Waals surface area contributed by atoms with Gasteiger partial charge in [-0.15, -0.1) is 0 Å². The second kappa shape index (κ2) is 8.47. The molecule has 0 saturated carbocycles. The fraction of sp³-hybridized carbons (Fsp3) is 0.238. The lowest BCUT2D eigenvalue weighted by molar-refractivity contribution is -0.122. The van der Waals surface area contributed by atoms with Crippen LogP contribution in [0.15, 0.2) is 64.4 Å². The van der Waals surface area contributed by atoms with Crippen molar-refractivity contribution in [1.29, 1.82) is 0 Å². The van der Waals surface area contributed by atoms with Crippen molar-refractivity contribution in [2.24, 2.45) is 5.92 Å². The Hall–Kier alpha value is -3.48. The van der Waals surface area contributed by atoms with Crippen molar-refractivity contribution in [3.63, 3.8) is 0 Å². The molecule has 0 aliphatic rings. The van der Waals surface area contributed by atoms with Gasteiger partial charge >= 0.3 is 0 Å². The molecule has 28 heavy (non-hydrogen) atoms. The Labute approximate surface area is 162 Å². The van der Waals surface area contributed by atoms with E-state index in [2.05, 4.69) is 20.9 Å². The molecule has 0 saturated heterocycles. The summed E-state index contributed by atoms with van der Waals surface area (Å²) in [6.07, 6.45) is 3.15. The van der Waals surface area contributed by atoms with Gasteiger partial charge in [0.1, 0.15) is 17.4 Å². The molecule has 3 rings (SSSR count). The molecular weight excluding hydrogens is 356 g/mol. The maximum Gasteiger partial charge on any atom is 0.253 e. The van der Waals surface area contributed by atoms with Crippen molar-refractivity contribution in [1.82, 2.24) is 10.3 Å². The number of amides is 1. The summed E-state index contributed by atoms with van der Waals surface area (Å²) < 4.78 is 0. The van der Waals surface area contributed by atoms with Gasteiger partial charge in [0.05, 0.1) is 0 Å². The summed E-state index contributed by atoms with van der Waals surface area (Å²) in [4.78, 5) is 40.9. The minimum atomic E-state index is -0.791. The van der Waals surface area contributed by atoms with Crippen molar-refractivity contribution < 1.29 is 4.79 Å². The molecule has 7 heteroatoms. The highest BCUT2D eigenvalue weighted by molar-refractivity contribution is 5.89. The van der Waals surface area contributed by atoms with Gasteiger partial charge in [0, 0.05) is 24.6 Å². The molecule has 1 amide bonds. The first-order valence-corrected chi connectivity index (χ1v) is 9.07. The SMILES string of the molecule is CC(C)CNC(=O)C(Nc1c(Nc2ccncc2)c(=O)c1=O)c1ccccc1. The summed E-state index contributed by atoms with van der Waals surface area (Å²) in [5, 5.41) is 8.77. The van der Waals surface area contributed by atoms with Crippen LogP contribution in [0.1, 0.15) is 25.5 Å². The molecule has 1 atom stereocenters. The highest BCUT2D eigenvalue weighted by Crippen LogP contribution is 2.25. The first kappa shape index (κ1) is 19.3. The van der Waals surface area contributed by atoms with Crippen molar-refractivity contribution in [2.45, 2.75) is 19.9 Å². The number of nitrogens with one attached hydrogen (secondary N) is 3. The second-order valence-electron chi connectivity index (χ2n) is 6.90. The smallest absolute Gasteiger partial charge is 0.253 e. The zero-order chi connectivity index (χ0) is 20.1. The number of hydrogen-bond donors (Lipinski definition) is 3. The number of carbonyl (C=O) groups is 1. The van der Waals surface area contributed by atoms with E-state index < -0.39 is 16.9 Å². The van der Waals surface area contributed by atoms with Crippen LogP contribution in [0.5, 0.6) is 0 Å². The van der Waals surface area contributed by atoms with Crippen LogP contribution in [0.3, 0.4) is 0 Å². The average Bonchev–Trinajstić information content (AvgIpc) is 2.72. The van der Waals surface area contributed by atoms with E-state index >= 15 is 0 Å². The average molecular weight is 378 g/mol. The minimum Gasteiger partial charge on any atom is -0.365 e. The molecule has 0 fully saturated rings. The number of aromatic nitrogens is 1. The molecule has 1 heterocycles. The summed E-state index contributed by atoms with van der Waals surface area (Å²) in [5.41, 5.74) is 0.323. The third-order valence-electron chi connectivity index (χ3n) is 4.23. The molecule has 0 spiro atoms. The van der Waals surface area contributed by atoms with Crippen LogP contribution in [-0.4, -0.2) is 17.4 Å². The fourth-order valence-electron chi connectivity index (χ4n) is 2.73. The lowest BCUT2D eigenvalue weighted by Gasteiger charge is -2.23. The predicted molar refractivity (Wildman–Crippen MR) is 110 cm³/mol. The van der Waals surface area contributed by atoms with Gasteiger partial charge in [-0.3, -0.25) is 19.4 Å². The van der Waals surface area contributed by atoms with Crippen molar-refractivity contribution in [2.75, 3.05) is 17.2 Å². The van der Waals surface area contributed by atoms with Crippen molar-refractivity contribution >= 4 is 23.0 Å². The zero-order valence-corrected chi connectivity index (χ0v) is 15.7. The first-order valence-electron chi connectivity index (χ1n) is 9.07. The minimum absolute atomic E-state index is 0.107. The van der Waals surface area contributed by atoms with E-state index in [1.165, 1.54) is 0 Å². The maximum absolute atomic E-state index is 12.8. The number of nitrogens with zero attached hydrogens (tertiary/aromatic N) is 1. The van der Waals surface area contributed by atoms with Crippen molar-refractivity contribution in [3.8, 4) is 0 Å². The largest absolute Gasteiger partial charge is 0.365 e. The number of hydrogen-bond acceptors (Lipinski definition) is 6. The van der Waals surface area contributed by atoms with Gasteiger partial charge in [-0.05, 0) is 23.6 Å². The third kappa shape index (κ3) is 4.25. The van der Waals surface area contributed by atoms with Crippen LogP contribution in [0.2, 0.25) is 0 Å². The third-order valence-corrected chi connectivity index (χ3v) is 4.23. The van der Waals surface area contributed by atoms with Crippen LogP contribution in [0, 0.1) is 5.92 Å². The van der Waals surface area contributed by atoms with Crippen LogP contribution < -0.4 is 26.8 Å². The highest BCUT2D eigenvalue weighted by Gasteiger charge is 2.27. The van der Waals surface area contributed by atoms with Crippen LogP contribution >= 0.6 is 0 Å². The van der Waals surface area contributed by atoms with E-state index in [4.69, 9.17) is 0 Å². The molecule has 1 unspecified atom stereocenters. The molecule has 3 aromatic rings. The lowest BCUT2D eigenvalue weighted by atomic mass is 10.0. The van der Waals surface area contributed by atoms with Gasteiger partial charge in [0.25, 0.3) is 10.9 Å². The van der Waals surface area contributed by atoms with Gasteiger partial charge in [-0.2, -0.15) is 0 Å². The Kier molecular flexibility index (Phi) is 5.84. The zero-order valence-electron chi connectivity index (χ0n) is 15.7. The molecule has 0 aliphatic carbocycles. The molecule has 0 aliphatic heterocycles. The second-order valence-corrected chi connectivity index (χ2v) is 6.90. The lowest BCUT2D eigenvalue weighted by Crippen LogP contribution is -2.41. The van der Waals surface area contributed by atoms with E-state index in [1.807, 2.05) is 32.0 Å². The van der Waals surface area contributed by atoms with Gasteiger partial charge < -0.3 is 16.0 Å². The summed E-state index contributed by atoms with van der Waals surface area (Å²) in [6.45, 7) is 4.51. The molecule has 0 radical (unpaired) electrons. The number of pyridine rings is 1.